The summed E-state index contributed by atoms with van der Waals surface area (Å²) in [7, 11) is 0. The van der Waals surface area contributed by atoms with E-state index in [9.17, 15) is 0 Å². The third-order valence-corrected chi connectivity index (χ3v) is 4.73. The van der Waals surface area contributed by atoms with Crippen molar-refractivity contribution in [2.45, 2.75) is 38.3 Å². The van der Waals surface area contributed by atoms with Gasteiger partial charge in [0, 0.05) is 23.2 Å². The van der Waals surface area contributed by atoms with Gasteiger partial charge in [-0.15, -0.1) is 11.3 Å². The molecule has 3 heteroatoms. The second-order valence-corrected chi connectivity index (χ2v) is 6.66. The van der Waals surface area contributed by atoms with Crippen LogP contribution in [-0.2, 0) is 13.0 Å². The minimum Gasteiger partial charge on any atom is -0.399 e. The second-order valence-electron chi connectivity index (χ2n) is 5.63. The maximum atomic E-state index is 5.83. The van der Waals surface area contributed by atoms with Gasteiger partial charge in [0.05, 0.1) is 0 Å². The number of hydrogen-bond donors (Lipinski definition) is 1. The van der Waals surface area contributed by atoms with E-state index in [2.05, 4.69) is 40.6 Å². The molecule has 1 aliphatic carbocycles. The van der Waals surface area contributed by atoms with Crippen molar-refractivity contribution in [1.82, 2.24) is 4.90 Å². The Morgan fingerprint density at radius 1 is 1.20 bits per heavy atom. The summed E-state index contributed by atoms with van der Waals surface area (Å²) in [5, 5.41) is 2.17. The molecule has 1 fully saturated rings. The molecule has 0 spiro atoms. The number of nitrogens with two attached hydrogens (primary N) is 1. The summed E-state index contributed by atoms with van der Waals surface area (Å²) in [6.45, 7) is 2.32. The topological polar surface area (TPSA) is 29.3 Å². The quantitative estimate of drug-likeness (QED) is 0.781. The van der Waals surface area contributed by atoms with E-state index in [0.717, 1.165) is 24.7 Å². The van der Waals surface area contributed by atoms with Crippen molar-refractivity contribution in [2.75, 3.05) is 12.3 Å². The molecule has 0 atom stereocenters. The van der Waals surface area contributed by atoms with Crippen LogP contribution in [0.3, 0.4) is 0 Å². The zero-order chi connectivity index (χ0) is 13.8. The van der Waals surface area contributed by atoms with E-state index in [1.165, 1.54) is 36.2 Å². The van der Waals surface area contributed by atoms with Gasteiger partial charge in [-0.3, -0.25) is 4.90 Å². The number of hydrogen-bond acceptors (Lipinski definition) is 3. The molecule has 0 unspecified atom stereocenters. The van der Waals surface area contributed by atoms with E-state index in [1.807, 2.05) is 17.4 Å². The molecule has 2 aromatic rings. The number of rotatable bonds is 7. The number of nitrogen functional groups attached to an aromatic ring is 1. The molecule has 3 rings (SSSR count). The summed E-state index contributed by atoms with van der Waals surface area (Å²) in [4.78, 5) is 4.14. The highest BCUT2D eigenvalue weighted by molar-refractivity contribution is 7.09. The summed E-state index contributed by atoms with van der Waals surface area (Å²) in [6.07, 6.45) is 5.09. The van der Waals surface area contributed by atoms with Crippen LogP contribution in [0.5, 0.6) is 0 Å². The Bertz CT molecular complexity index is 532. The molecule has 1 heterocycles. The average molecular weight is 286 g/mol. The molecule has 1 aromatic heterocycles. The maximum Gasteiger partial charge on any atom is 0.0330 e. The van der Waals surface area contributed by atoms with Crippen LogP contribution in [0, 0.1) is 0 Å². The van der Waals surface area contributed by atoms with E-state index in [-0.39, 0.29) is 0 Å². The highest BCUT2D eigenvalue weighted by atomic mass is 32.1. The molecule has 0 radical (unpaired) electrons. The van der Waals surface area contributed by atoms with Crippen LogP contribution in [0.2, 0.25) is 0 Å². The molecule has 0 aliphatic heterocycles. The number of anilines is 1. The van der Waals surface area contributed by atoms with Crippen molar-refractivity contribution in [3.8, 4) is 0 Å². The Balaban J connectivity index is 1.50. The molecule has 0 saturated heterocycles. The second kappa shape index (κ2) is 6.42. The molecule has 2 N–H and O–H groups in total. The standard InChI is InChI=1S/C17H22N2S/c18-15-6-1-4-14(12-15)5-2-10-19(16-8-9-16)13-17-7-3-11-20-17/h1,3-4,6-7,11-12,16H,2,5,8-10,13,18H2. The fraction of sp³-hybridized carbons (Fsp3) is 0.412. The van der Waals surface area contributed by atoms with Crippen molar-refractivity contribution < 1.29 is 0 Å². The normalized spacial score (nSPS) is 14.8. The van der Waals surface area contributed by atoms with Crippen LogP contribution < -0.4 is 5.73 Å². The molecule has 2 nitrogen and oxygen atoms in total. The van der Waals surface area contributed by atoms with Crippen LogP contribution in [0.4, 0.5) is 5.69 Å². The van der Waals surface area contributed by atoms with Crippen molar-refractivity contribution in [2.24, 2.45) is 0 Å². The lowest BCUT2D eigenvalue weighted by molar-refractivity contribution is 0.254. The predicted molar refractivity (Wildman–Crippen MR) is 86.9 cm³/mol. The van der Waals surface area contributed by atoms with Gasteiger partial charge in [0.1, 0.15) is 0 Å². The number of benzene rings is 1. The zero-order valence-corrected chi connectivity index (χ0v) is 12.6. The zero-order valence-electron chi connectivity index (χ0n) is 11.8. The summed E-state index contributed by atoms with van der Waals surface area (Å²) >= 11 is 1.87. The van der Waals surface area contributed by atoms with E-state index in [4.69, 9.17) is 5.73 Å². The van der Waals surface area contributed by atoms with E-state index in [0.29, 0.717) is 0 Å². The van der Waals surface area contributed by atoms with Crippen LogP contribution >= 0.6 is 11.3 Å². The Morgan fingerprint density at radius 3 is 2.80 bits per heavy atom. The Morgan fingerprint density at radius 2 is 2.10 bits per heavy atom. The maximum absolute atomic E-state index is 5.83. The van der Waals surface area contributed by atoms with Crippen molar-refractivity contribution in [3.05, 3.63) is 52.2 Å². The summed E-state index contributed by atoms with van der Waals surface area (Å²) in [6, 6.07) is 13.5. The number of thiophene rings is 1. The van der Waals surface area contributed by atoms with E-state index >= 15 is 0 Å². The van der Waals surface area contributed by atoms with Crippen LogP contribution in [0.15, 0.2) is 41.8 Å². The third-order valence-electron chi connectivity index (χ3n) is 3.86. The first-order chi connectivity index (χ1) is 9.81. The minimum absolute atomic E-state index is 0.831. The SMILES string of the molecule is Nc1cccc(CCCN(Cc2cccs2)C2CC2)c1. The van der Waals surface area contributed by atoms with Gasteiger partial charge in [0.25, 0.3) is 0 Å². The van der Waals surface area contributed by atoms with Crippen molar-refractivity contribution >= 4 is 17.0 Å². The smallest absolute Gasteiger partial charge is 0.0330 e. The molecular formula is C17H22N2S. The van der Waals surface area contributed by atoms with Gasteiger partial charge in [0.15, 0.2) is 0 Å². The van der Waals surface area contributed by atoms with Gasteiger partial charge in [-0.05, 0) is 61.4 Å². The highest BCUT2D eigenvalue weighted by Crippen LogP contribution is 2.29. The molecule has 1 saturated carbocycles. The van der Waals surface area contributed by atoms with E-state index < -0.39 is 0 Å². The third kappa shape index (κ3) is 3.84. The Hall–Kier alpha value is -1.32. The lowest BCUT2D eigenvalue weighted by Gasteiger charge is -2.21. The summed E-state index contributed by atoms with van der Waals surface area (Å²) in [5.74, 6) is 0. The first kappa shape index (κ1) is 13.7. The van der Waals surface area contributed by atoms with Gasteiger partial charge in [0.2, 0.25) is 0 Å². The first-order valence-corrected chi connectivity index (χ1v) is 8.30. The molecule has 1 aliphatic rings. The molecule has 20 heavy (non-hydrogen) atoms. The van der Waals surface area contributed by atoms with Crippen molar-refractivity contribution in [3.63, 3.8) is 0 Å². The fourth-order valence-electron chi connectivity index (χ4n) is 2.67. The average Bonchev–Trinajstić information content (AvgIpc) is 3.16. The molecule has 0 bridgehead atoms. The Labute approximate surface area is 125 Å². The lowest BCUT2D eigenvalue weighted by Crippen LogP contribution is -2.26. The van der Waals surface area contributed by atoms with Crippen molar-refractivity contribution in [1.29, 1.82) is 0 Å². The molecular weight excluding hydrogens is 264 g/mol. The highest BCUT2D eigenvalue weighted by Gasteiger charge is 2.28. The van der Waals surface area contributed by atoms with Gasteiger partial charge in [-0.2, -0.15) is 0 Å². The molecule has 106 valence electrons. The lowest BCUT2D eigenvalue weighted by atomic mass is 10.1. The largest absolute Gasteiger partial charge is 0.399 e. The summed E-state index contributed by atoms with van der Waals surface area (Å²) < 4.78 is 0. The first-order valence-electron chi connectivity index (χ1n) is 7.42. The van der Waals surface area contributed by atoms with E-state index in [1.54, 1.807) is 0 Å². The van der Waals surface area contributed by atoms with Crippen LogP contribution in [0.1, 0.15) is 29.7 Å². The molecule has 1 aromatic carbocycles. The van der Waals surface area contributed by atoms with Crippen LogP contribution in [-0.4, -0.2) is 17.5 Å². The number of nitrogens with zero attached hydrogens (tertiary/aromatic N) is 1. The number of aryl methyl sites for hydroxylation is 1. The monoisotopic (exact) mass is 286 g/mol. The minimum atomic E-state index is 0.831. The van der Waals surface area contributed by atoms with Gasteiger partial charge in [-0.1, -0.05) is 18.2 Å². The van der Waals surface area contributed by atoms with Gasteiger partial charge < -0.3 is 5.73 Å². The summed E-state index contributed by atoms with van der Waals surface area (Å²) in [5.41, 5.74) is 8.06. The van der Waals surface area contributed by atoms with Gasteiger partial charge >= 0.3 is 0 Å². The van der Waals surface area contributed by atoms with Gasteiger partial charge in [-0.25, -0.2) is 0 Å². The Kier molecular flexibility index (Phi) is 4.38. The predicted octanol–water partition coefficient (Wildman–Crippen LogP) is 3.93. The van der Waals surface area contributed by atoms with Crippen LogP contribution in [0.25, 0.3) is 0 Å². The fourth-order valence-corrected chi connectivity index (χ4v) is 3.40. The molecule has 0 amide bonds.